The lowest BCUT2D eigenvalue weighted by molar-refractivity contribution is -0.116. The van der Waals surface area contributed by atoms with Crippen LogP contribution >= 0.6 is 0 Å². The number of anilines is 2. The molecule has 1 saturated heterocycles. The molecule has 2 aromatic carbocycles. The third-order valence-corrected chi connectivity index (χ3v) is 8.34. The maximum absolute atomic E-state index is 12.9. The molecule has 0 saturated carbocycles. The molecule has 2 N–H and O–H groups in total. The van der Waals surface area contributed by atoms with Crippen LogP contribution in [0.3, 0.4) is 0 Å². The molecule has 0 aromatic heterocycles. The van der Waals surface area contributed by atoms with E-state index in [9.17, 15) is 13.2 Å². The van der Waals surface area contributed by atoms with Gasteiger partial charge >= 0.3 is 0 Å². The lowest BCUT2D eigenvalue weighted by atomic mass is 9.97. The zero-order chi connectivity index (χ0) is 24.7. The number of benzene rings is 2. The predicted molar refractivity (Wildman–Crippen MR) is 136 cm³/mol. The van der Waals surface area contributed by atoms with Crippen molar-refractivity contribution in [2.75, 3.05) is 58.0 Å². The van der Waals surface area contributed by atoms with E-state index in [0.29, 0.717) is 22.9 Å². The van der Waals surface area contributed by atoms with E-state index in [1.807, 2.05) is 24.3 Å². The van der Waals surface area contributed by atoms with Crippen LogP contribution in [0.4, 0.5) is 11.4 Å². The SMILES string of the molecule is COc1ccc(S(=O)(=O)N(C)CCC(=O)Nc2ccc(NCC3CCN(C)CC3)cc2)c(C)c1. The second-order valence-corrected chi connectivity index (χ2v) is 11.0. The van der Waals surface area contributed by atoms with Crippen molar-refractivity contribution in [3.05, 3.63) is 48.0 Å². The van der Waals surface area contributed by atoms with Crippen LogP contribution in [0.5, 0.6) is 5.75 Å². The molecule has 0 atom stereocenters. The number of aryl methyl sites for hydroxylation is 1. The fourth-order valence-corrected chi connectivity index (χ4v) is 5.38. The number of hydrogen-bond donors (Lipinski definition) is 2. The molecule has 0 bridgehead atoms. The third-order valence-electron chi connectivity index (χ3n) is 6.33. The second kappa shape index (κ2) is 11.7. The van der Waals surface area contributed by atoms with Gasteiger partial charge in [-0.1, -0.05) is 0 Å². The number of piperidine rings is 1. The number of nitrogens with one attached hydrogen (secondary N) is 2. The van der Waals surface area contributed by atoms with E-state index in [-0.39, 0.29) is 23.8 Å². The first-order valence-corrected chi connectivity index (χ1v) is 13.1. The van der Waals surface area contributed by atoms with Crippen molar-refractivity contribution >= 4 is 27.3 Å². The van der Waals surface area contributed by atoms with Crippen molar-refractivity contribution in [1.29, 1.82) is 0 Å². The lowest BCUT2D eigenvalue weighted by Crippen LogP contribution is -2.32. The summed E-state index contributed by atoms with van der Waals surface area (Å²) in [5.74, 6) is 1.05. The molecule has 0 spiro atoms. The highest BCUT2D eigenvalue weighted by Gasteiger charge is 2.23. The van der Waals surface area contributed by atoms with Gasteiger partial charge in [-0.25, -0.2) is 12.7 Å². The summed E-state index contributed by atoms with van der Waals surface area (Å²) < 4.78 is 32.1. The molecule has 1 heterocycles. The van der Waals surface area contributed by atoms with Gasteiger partial charge in [-0.2, -0.15) is 0 Å². The highest BCUT2D eigenvalue weighted by atomic mass is 32.2. The molecule has 0 aliphatic carbocycles. The number of hydrogen-bond acceptors (Lipinski definition) is 6. The van der Waals surface area contributed by atoms with Gasteiger partial charge in [0.2, 0.25) is 15.9 Å². The number of likely N-dealkylation sites (tertiary alicyclic amines) is 1. The molecule has 1 aliphatic heterocycles. The van der Waals surface area contributed by atoms with Gasteiger partial charge < -0.3 is 20.3 Å². The monoisotopic (exact) mass is 488 g/mol. The topological polar surface area (TPSA) is 91.0 Å². The van der Waals surface area contributed by atoms with E-state index in [1.54, 1.807) is 19.1 Å². The Kier molecular flexibility index (Phi) is 8.93. The molecule has 34 heavy (non-hydrogen) atoms. The zero-order valence-corrected chi connectivity index (χ0v) is 21.3. The van der Waals surface area contributed by atoms with Gasteiger partial charge in [0.1, 0.15) is 5.75 Å². The van der Waals surface area contributed by atoms with Crippen LogP contribution < -0.4 is 15.4 Å². The minimum Gasteiger partial charge on any atom is -0.497 e. The number of ether oxygens (including phenoxy) is 1. The number of carbonyl (C=O) groups excluding carboxylic acids is 1. The quantitative estimate of drug-likeness (QED) is 0.533. The molecular formula is C25H36N4O4S. The summed E-state index contributed by atoms with van der Waals surface area (Å²) in [4.78, 5) is 15.0. The number of methoxy groups -OCH3 is 1. The van der Waals surface area contributed by atoms with Crippen LogP contribution in [-0.2, 0) is 14.8 Å². The normalized spacial score (nSPS) is 15.3. The van der Waals surface area contributed by atoms with Crippen molar-refractivity contribution in [1.82, 2.24) is 9.21 Å². The summed E-state index contributed by atoms with van der Waals surface area (Å²) in [5.41, 5.74) is 2.31. The Morgan fingerprint density at radius 3 is 2.38 bits per heavy atom. The predicted octanol–water partition coefficient (Wildman–Crippen LogP) is 3.41. The molecule has 0 radical (unpaired) electrons. The summed E-state index contributed by atoms with van der Waals surface area (Å²) in [5, 5.41) is 6.32. The number of rotatable bonds is 10. The largest absolute Gasteiger partial charge is 0.497 e. The van der Waals surface area contributed by atoms with E-state index in [1.165, 1.54) is 37.4 Å². The minimum absolute atomic E-state index is 0.0566. The average molecular weight is 489 g/mol. The highest BCUT2D eigenvalue weighted by molar-refractivity contribution is 7.89. The maximum atomic E-state index is 12.9. The molecule has 9 heteroatoms. The molecule has 1 fully saturated rings. The number of carbonyl (C=O) groups is 1. The second-order valence-electron chi connectivity index (χ2n) is 8.96. The van der Waals surface area contributed by atoms with E-state index >= 15 is 0 Å². The van der Waals surface area contributed by atoms with Gasteiger partial charge in [0.15, 0.2) is 0 Å². The average Bonchev–Trinajstić information content (AvgIpc) is 2.82. The number of nitrogens with zero attached hydrogens (tertiary/aromatic N) is 2. The van der Waals surface area contributed by atoms with Crippen LogP contribution in [0, 0.1) is 12.8 Å². The Hall–Kier alpha value is -2.62. The molecule has 1 aliphatic rings. The van der Waals surface area contributed by atoms with Crippen molar-refractivity contribution < 1.29 is 17.9 Å². The zero-order valence-electron chi connectivity index (χ0n) is 20.5. The Bertz CT molecular complexity index is 1060. The molecule has 8 nitrogen and oxygen atoms in total. The van der Waals surface area contributed by atoms with E-state index in [2.05, 4.69) is 22.6 Å². The fourth-order valence-electron chi connectivity index (χ4n) is 4.01. The van der Waals surface area contributed by atoms with Gasteiger partial charge in [0.05, 0.1) is 12.0 Å². The third kappa shape index (κ3) is 6.94. The van der Waals surface area contributed by atoms with Crippen molar-refractivity contribution in [3.8, 4) is 5.75 Å². The van der Waals surface area contributed by atoms with Gasteiger partial charge in [0, 0.05) is 37.9 Å². The first kappa shape index (κ1) is 26.0. The molecule has 2 aromatic rings. The van der Waals surface area contributed by atoms with Gasteiger partial charge in [0.25, 0.3) is 0 Å². The Morgan fingerprint density at radius 2 is 1.76 bits per heavy atom. The van der Waals surface area contributed by atoms with Crippen LogP contribution in [0.15, 0.2) is 47.4 Å². The Balaban J connectivity index is 1.46. The molecular weight excluding hydrogens is 452 g/mol. The summed E-state index contributed by atoms with van der Waals surface area (Å²) in [6.45, 7) is 5.05. The summed E-state index contributed by atoms with van der Waals surface area (Å²) in [6, 6.07) is 12.4. The van der Waals surface area contributed by atoms with Crippen molar-refractivity contribution in [3.63, 3.8) is 0 Å². The maximum Gasteiger partial charge on any atom is 0.243 e. The molecule has 0 unspecified atom stereocenters. The van der Waals surface area contributed by atoms with E-state index in [0.717, 1.165) is 25.3 Å². The smallest absolute Gasteiger partial charge is 0.243 e. The van der Waals surface area contributed by atoms with Crippen LogP contribution in [0.2, 0.25) is 0 Å². The summed E-state index contributed by atoms with van der Waals surface area (Å²) in [6.07, 6.45) is 2.47. The summed E-state index contributed by atoms with van der Waals surface area (Å²) >= 11 is 0. The number of sulfonamides is 1. The number of amides is 1. The van der Waals surface area contributed by atoms with Crippen molar-refractivity contribution in [2.45, 2.75) is 31.1 Å². The fraction of sp³-hybridized carbons (Fsp3) is 0.480. The van der Waals surface area contributed by atoms with Crippen LogP contribution in [0.1, 0.15) is 24.8 Å². The van der Waals surface area contributed by atoms with Gasteiger partial charge in [-0.3, -0.25) is 4.79 Å². The van der Waals surface area contributed by atoms with Gasteiger partial charge in [-0.15, -0.1) is 0 Å². The van der Waals surface area contributed by atoms with Crippen LogP contribution in [0.25, 0.3) is 0 Å². The first-order chi connectivity index (χ1) is 16.2. The Labute approximate surface area is 203 Å². The first-order valence-electron chi connectivity index (χ1n) is 11.6. The standard InChI is InChI=1S/C25H36N4O4S/c1-19-17-23(33-4)9-10-24(19)34(31,32)29(3)16-13-25(30)27-22-7-5-21(6-8-22)26-18-20-11-14-28(2)15-12-20/h5-10,17,20,26H,11-16,18H2,1-4H3,(H,27,30). The molecule has 186 valence electrons. The molecule has 3 rings (SSSR count). The van der Waals surface area contributed by atoms with E-state index < -0.39 is 10.0 Å². The minimum atomic E-state index is -3.70. The highest BCUT2D eigenvalue weighted by Crippen LogP contribution is 2.24. The van der Waals surface area contributed by atoms with Gasteiger partial charge in [-0.05, 0) is 93.8 Å². The lowest BCUT2D eigenvalue weighted by Gasteiger charge is -2.29. The summed E-state index contributed by atoms with van der Waals surface area (Å²) in [7, 11) is 1.48. The van der Waals surface area contributed by atoms with Crippen LogP contribution in [-0.4, -0.2) is 70.9 Å². The van der Waals surface area contributed by atoms with E-state index in [4.69, 9.17) is 4.74 Å². The Morgan fingerprint density at radius 1 is 1.12 bits per heavy atom. The van der Waals surface area contributed by atoms with Crippen molar-refractivity contribution in [2.24, 2.45) is 5.92 Å². The molecule has 1 amide bonds.